The van der Waals surface area contributed by atoms with Crippen molar-refractivity contribution >= 4 is 40.7 Å². The van der Waals surface area contributed by atoms with Crippen LogP contribution in [0.1, 0.15) is 33.0 Å². The number of aryl methyl sites for hydroxylation is 1. The Labute approximate surface area is 309 Å². The summed E-state index contributed by atoms with van der Waals surface area (Å²) in [7, 11) is 3.03. The molecule has 4 aromatic rings. The third-order valence-corrected chi connectivity index (χ3v) is 9.61. The highest BCUT2D eigenvalue weighted by atomic mass is 32.1. The maximum absolute atomic E-state index is 14.5. The average molecular weight is 752 g/mol. The molecule has 53 heavy (non-hydrogen) atoms. The number of benzene rings is 3. The lowest BCUT2D eigenvalue weighted by molar-refractivity contribution is -0.143. The highest BCUT2D eigenvalue weighted by molar-refractivity contribution is 7.09. The second-order valence-electron chi connectivity index (χ2n) is 12.5. The number of rotatable bonds is 10. The molecule has 4 amide bonds. The van der Waals surface area contributed by atoms with Crippen LogP contribution in [0, 0.1) is 6.92 Å². The lowest BCUT2D eigenvalue weighted by Crippen LogP contribution is -2.54. The van der Waals surface area contributed by atoms with Gasteiger partial charge in [-0.25, -0.2) is 4.98 Å². The maximum Gasteiger partial charge on any atom is 0.416 e. The number of fused-ring (bicyclic) bond motifs is 1. The summed E-state index contributed by atoms with van der Waals surface area (Å²) >= 11 is 1.41. The Morgan fingerprint density at radius 2 is 1.60 bits per heavy atom. The largest absolute Gasteiger partial charge is 0.497 e. The summed E-state index contributed by atoms with van der Waals surface area (Å²) in [6.45, 7) is 0.930. The van der Waals surface area contributed by atoms with Gasteiger partial charge in [-0.05, 0) is 60.4 Å². The smallest absolute Gasteiger partial charge is 0.416 e. The van der Waals surface area contributed by atoms with Crippen LogP contribution in [-0.4, -0.2) is 84.9 Å². The summed E-state index contributed by atoms with van der Waals surface area (Å²) in [6.07, 6.45) is -4.99. The van der Waals surface area contributed by atoms with E-state index < -0.39 is 54.4 Å². The fourth-order valence-corrected chi connectivity index (χ4v) is 6.77. The van der Waals surface area contributed by atoms with Gasteiger partial charge in [-0.3, -0.25) is 19.2 Å². The Morgan fingerprint density at radius 1 is 0.868 bits per heavy atom. The van der Waals surface area contributed by atoms with E-state index in [9.17, 15) is 32.3 Å². The van der Waals surface area contributed by atoms with Crippen molar-refractivity contribution in [3.63, 3.8) is 0 Å². The monoisotopic (exact) mass is 751 g/mol. The van der Waals surface area contributed by atoms with Gasteiger partial charge in [0.2, 0.25) is 23.6 Å². The number of ether oxygens (including phenoxy) is 2. The SMILES string of the molecule is COc1ccc(OC)c(CCN2CC(=O)Nc3ccccc3CC(=O)N[C@@H](Cc3ccccc3C(F)(F)F)C(=O)N(CCc3csc(C)n3)CC2=O)c1. The number of carbonyl (C=O) groups is 4. The van der Waals surface area contributed by atoms with Crippen molar-refractivity contribution in [3.05, 3.63) is 105 Å². The molecule has 0 radical (unpaired) electrons. The molecule has 11 nitrogen and oxygen atoms in total. The summed E-state index contributed by atoms with van der Waals surface area (Å²) in [6, 6.07) is 15.2. The van der Waals surface area contributed by atoms with Gasteiger partial charge in [0, 0.05) is 37.0 Å². The van der Waals surface area contributed by atoms with E-state index in [1.807, 2.05) is 12.3 Å². The number of alkyl halides is 3. The van der Waals surface area contributed by atoms with Crippen LogP contribution in [0.3, 0.4) is 0 Å². The fourth-order valence-electron chi connectivity index (χ4n) is 6.12. The fraction of sp³-hybridized carbons (Fsp3) is 0.342. The van der Waals surface area contributed by atoms with Gasteiger partial charge >= 0.3 is 6.18 Å². The minimum atomic E-state index is -4.72. The summed E-state index contributed by atoms with van der Waals surface area (Å²) in [5, 5.41) is 8.07. The zero-order valence-electron chi connectivity index (χ0n) is 29.5. The topological polar surface area (TPSA) is 130 Å². The highest BCUT2D eigenvalue weighted by Crippen LogP contribution is 2.33. The van der Waals surface area contributed by atoms with Crippen molar-refractivity contribution in [2.45, 2.75) is 44.8 Å². The molecule has 0 saturated heterocycles. The van der Waals surface area contributed by atoms with Gasteiger partial charge in [0.25, 0.3) is 0 Å². The molecule has 1 atom stereocenters. The second kappa shape index (κ2) is 17.4. The van der Waals surface area contributed by atoms with Gasteiger partial charge in [0.15, 0.2) is 0 Å². The summed E-state index contributed by atoms with van der Waals surface area (Å²) in [5.74, 6) is -1.40. The number of para-hydroxylation sites is 1. The number of methoxy groups -OCH3 is 2. The number of thiazole rings is 1. The van der Waals surface area contributed by atoms with Crippen LogP contribution >= 0.6 is 11.3 Å². The van der Waals surface area contributed by atoms with E-state index >= 15 is 0 Å². The van der Waals surface area contributed by atoms with E-state index in [1.54, 1.807) is 42.5 Å². The molecule has 15 heteroatoms. The number of anilines is 1. The molecule has 3 aromatic carbocycles. The average Bonchev–Trinajstić information content (AvgIpc) is 3.55. The van der Waals surface area contributed by atoms with E-state index in [4.69, 9.17) is 9.47 Å². The van der Waals surface area contributed by atoms with Gasteiger partial charge in [-0.2, -0.15) is 13.2 Å². The molecule has 2 heterocycles. The van der Waals surface area contributed by atoms with Crippen LogP contribution in [0.4, 0.5) is 18.9 Å². The van der Waals surface area contributed by atoms with E-state index in [0.717, 1.165) is 11.1 Å². The number of nitrogens with one attached hydrogen (secondary N) is 2. The van der Waals surface area contributed by atoms with Crippen LogP contribution in [-0.2, 0) is 51.0 Å². The molecule has 0 unspecified atom stereocenters. The molecule has 1 aromatic heterocycles. The van der Waals surface area contributed by atoms with Crippen molar-refractivity contribution < 1.29 is 41.8 Å². The van der Waals surface area contributed by atoms with Crippen LogP contribution in [0.2, 0.25) is 0 Å². The minimum absolute atomic E-state index is 0.0341. The van der Waals surface area contributed by atoms with Crippen LogP contribution in [0.5, 0.6) is 11.5 Å². The second-order valence-corrected chi connectivity index (χ2v) is 13.5. The zero-order chi connectivity index (χ0) is 38.1. The molecule has 0 bridgehead atoms. The van der Waals surface area contributed by atoms with E-state index in [2.05, 4.69) is 15.6 Å². The number of amides is 4. The molecule has 0 saturated carbocycles. The van der Waals surface area contributed by atoms with E-state index in [-0.39, 0.29) is 44.5 Å². The molecule has 1 aliphatic rings. The zero-order valence-corrected chi connectivity index (χ0v) is 30.3. The van der Waals surface area contributed by atoms with Gasteiger partial charge in [0.05, 0.1) is 50.0 Å². The van der Waals surface area contributed by atoms with Crippen molar-refractivity contribution in [3.8, 4) is 11.5 Å². The molecule has 0 spiro atoms. The lowest BCUT2D eigenvalue weighted by Gasteiger charge is -2.31. The first kappa shape index (κ1) is 38.8. The Hall–Kier alpha value is -5.44. The van der Waals surface area contributed by atoms with E-state index in [0.29, 0.717) is 34.0 Å². The highest BCUT2D eigenvalue weighted by Gasteiger charge is 2.36. The molecule has 280 valence electrons. The standard InChI is InChI=1S/C38H40F3N5O6S/c1-24-42-28(23-53-24)15-17-46-22-36(49)45(16-14-27-18-29(51-2)12-13-33(27)52-3)21-35(48)43-31-11-7-5-9-26(31)20-34(47)44-32(37(46)50)19-25-8-4-6-10-30(25)38(39,40)41/h4-13,18,23,32H,14-17,19-22H2,1-3H3,(H,43,48)(H,44,47)/t32-/m0/s1. The third kappa shape index (κ3) is 10.3. The number of halogens is 3. The Balaban J connectivity index is 1.54. The normalized spacial score (nSPS) is 16.1. The van der Waals surface area contributed by atoms with E-state index in [1.165, 1.54) is 53.6 Å². The quantitative estimate of drug-likeness (QED) is 0.237. The predicted molar refractivity (Wildman–Crippen MR) is 193 cm³/mol. The summed E-state index contributed by atoms with van der Waals surface area (Å²) in [5.41, 5.74) is 0.969. The lowest BCUT2D eigenvalue weighted by atomic mass is 9.98. The van der Waals surface area contributed by atoms with Crippen molar-refractivity contribution in [2.75, 3.05) is 45.7 Å². The summed E-state index contributed by atoms with van der Waals surface area (Å²) < 4.78 is 53.2. The molecular formula is C38H40F3N5O6S. The number of hydrogen-bond donors (Lipinski definition) is 2. The summed E-state index contributed by atoms with van der Waals surface area (Å²) in [4.78, 5) is 62.7. The van der Waals surface area contributed by atoms with Gasteiger partial charge in [0.1, 0.15) is 17.5 Å². The minimum Gasteiger partial charge on any atom is -0.497 e. The predicted octanol–water partition coefficient (Wildman–Crippen LogP) is 4.85. The number of hydrogen-bond acceptors (Lipinski definition) is 8. The number of nitrogens with zero attached hydrogens (tertiary/aromatic N) is 3. The molecule has 0 fully saturated rings. The first-order valence-electron chi connectivity index (χ1n) is 16.8. The van der Waals surface area contributed by atoms with Crippen molar-refractivity contribution in [2.24, 2.45) is 0 Å². The first-order valence-corrected chi connectivity index (χ1v) is 17.7. The third-order valence-electron chi connectivity index (χ3n) is 8.79. The molecule has 0 aliphatic carbocycles. The van der Waals surface area contributed by atoms with Crippen LogP contribution in [0.15, 0.2) is 72.1 Å². The van der Waals surface area contributed by atoms with Crippen molar-refractivity contribution in [1.29, 1.82) is 0 Å². The molecule has 5 rings (SSSR count). The van der Waals surface area contributed by atoms with Gasteiger partial charge in [-0.1, -0.05) is 36.4 Å². The van der Waals surface area contributed by atoms with Gasteiger partial charge < -0.3 is 29.9 Å². The number of aromatic nitrogens is 1. The van der Waals surface area contributed by atoms with Gasteiger partial charge in [-0.15, -0.1) is 11.3 Å². The Bertz CT molecular complexity index is 1950. The Kier molecular flexibility index (Phi) is 12.7. The first-order chi connectivity index (χ1) is 25.3. The molecular weight excluding hydrogens is 712 g/mol. The maximum atomic E-state index is 14.5. The number of carbonyl (C=O) groups excluding carboxylic acids is 4. The molecule has 2 N–H and O–H groups in total. The Morgan fingerprint density at radius 3 is 2.32 bits per heavy atom. The van der Waals surface area contributed by atoms with Crippen molar-refractivity contribution in [1.82, 2.24) is 20.1 Å². The van der Waals surface area contributed by atoms with Crippen LogP contribution in [0.25, 0.3) is 0 Å². The molecule has 1 aliphatic heterocycles. The van der Waals surface area contributed by atoms with Crippen LogP contribution < -0.4 is 20.1 Å².